The van der Waals surface area contributed by atoms with E-state index < -0.39 is 0 Å². The van der Waals surface area contributed by atoms with Crippen LogP contribution in [0.4, 0.5) is 5.69 Å². The standard InChI is InChI=1S/C24H26N/c1-18-24(2,3)23-21-14-8-7-13-20(21)15-16-22(23)25(18)17-9-12-19-10-5-4-6-11-19/h4-8,10-11,13-16H,9,12,17H2,1-3H3/q+1. The molecule has 3 aromatic carbocycles. The highest BCUT2D eigenvalue weighted by molar-refractivity contribution is 6.01. The van der Waals surface area contributed by atoms with E-state index in [9.17, 15) is 0 Å². The molecule has 1 heteroatoms. The van der Waals surface area contributed by atoms with Gasteiger partial charge in [-0.15, -0.1) is 0 Å². The van der Waals surface area contributed by atoms with Crippen LogP contribution in [-0.2, 0) is 11.8 Å². The van der Waals surface area contributed by atoms with E-state index in [0.29, 0.717) is 0 Å². The SMILES string of the molecule is CC1=[N+](CCCc2ccccc2)c2ccc3ccccc3c2C1(C)C. The number of hydrogen-bond acceptors (Lipinski definition) is 0. The minimum Gasteiger partial charge on any atom is -0.199 e. The summed E-state index contributed by atoms with van der Waals surface area (Å²) in [6, 6.07) is 24.2. The number of hydrogen-bond donors (Lipinski definition) is 0. The van der Waals surface area contributed by atoms with Crippen LogP contribution in [0, 0.1) is 0 Å². The van der Waals surface area contributed by atoms with Crippen molar-refractivity contribution < 1.29 is 4.58 Å². The van der Waals surface area contributed by atoms with Gasteiger partial charge in [0.05, 0.1) is 5.41 Å². The molecule has 1 heterocycles. The van der Waals surface area contributed by atoms with Gasteiger partial charge in [-0.1, -0.05) is 54.6 Å². The number of fused-ring (bicyclic) bond motifs is 3. The number of nitrogens with zero attached hydrogens (tertiary/aromatic N) is 1. The van der Waals surface area contributed by atoms with Crippen molar-refractivity contribution in [2.24, 2.45) is 0 Å². The maximum absolute atomic E-state index is 2.55. The Hall–Kier alpha value is -2.41. The summed E-state index contributed by atoms with van der Waals surface area (Å²) >= 11 is 0. The largest absolute Gasteiger partial charge is 0.210 e. The molecule has 0 bridgehead atoms. The second kappa shape index (κ2) is 6.15. The van der Waals surface area contributed by atoms with Crippen LogP contribution in [0.25, 0.3) is 10.8 Å². The van der Waals surface area contributed by atoms with Crippen molar-refractivity contribution in [2.75, 3.05) is 6.54 Å². The molecule has 0 radical (unpaired) electrons. The van der Waals surface area contributed by atoms with Crippen molar-refractivity contribution in [3.63, 3.8) is 0 Å². The summed E-state index contributed by atoms with van der Waals surface area (Å²) in [4.78, 5) is 0. The molecular formula is C24H26N+. The predicted molar refractivity (Wildman–Crippen MR) is 107 cm³/mol. The molecule has 0 saturated heterocycles. The van der Waals surface area contributed by atoms with E-state index in [1.54, 1.807) is 0 Å². The predicted octanol–water partition coefficient (Wildman–Crippen LogP) is 5.87. The van der Waals surface area contributed by atoms with Crippen LogP contribution in [0.5, 0.6) is 0 Å². The highest BCUT2D eigenvalue weighted by Crippen LogP contribution is 2.43. The molecule has 0 aliphatic carbocycles. The smallest absolute Gasteiger partial charge is 0.199 e. The summed E-state index contributed by atoms with van der Waals surface area (Å²) in [6.07, 6.45) is 2.30. The summed E-state index contributed by atoms with van der Waals surface area (Å²) in [5.41, 5.74) is 5.87. The first-order chi connectivity index (χ1) is 12.1. The minimum absolute atomic E-state index is 0.0863. The Bertz CT molecular complexity index is 948. The van der Waals surface area contributed by atoms with Crippen LogP contribution < -0.4 is 0 Å². The third-order valence-electron chi connectivity index (χ3n) is 5.82. The van der Waals surface area contributed by atoms with E-state index in [4.69, 9.17) is 0 Å². The first-order valence-corrected chi connectivity index (χ1v) is 9.27. The highest BCUT2D eigenvalue weighted by Gasteiger charge is 2.43. The molecule has 0 aromatic heterocycles. The van der Waals surface area contributed by atoms with E-state index in [1.807, 2.05) is 0 Å². The second-order valence-electron chi connectivity index (χ2n) is 7.63. The zero-order valence-electron chi connectivity index (χ0n) is 15.4. The third-order valence-corrected chi connectivity index (χ3v) is 5.82. The van der Waals surface area contributed by atoms with Crippen molar-refractivity contribution in [3.05, 3.63) is 77.9 Å². The van der Waals surface area contributed by atoms with Crippen LogP contribution >= 0.6 is 0 Å². The molecule has 4 rings (SSSR count). The zero-order chi connectivity index (χ0) is 17.4. The van der Waals surface area contributed by atoms with Gasteiger partial charge in [0.1, 0.15) is 6.54 Å². The third kappa shape index (κ3) is 2.68. The molecule has 0 amide bonds. The monoisotopic (exact) mass is 328 g/mol. The van der Waals surface area contributed by atoms with Gasteiger partial charge in [-0.25, -0.2) is 0 Å². The van der Waals surface area contributed by atoms with Crippen molar-refractivity contribution in [2.45, 2.75) is 39.0 Å². The first-order valence-electron chi connectivity index (χ1n) is 9.27. The van der Waals surface area contributed by atoms with Gasteiger partial charge in [0.25, 0.3) is 0 Å². The molecule has 1 nitrogen and oxygen atoms in total. The molecule has 1 aliphatic rings. The molecule has 0 fully saturated rings. The van der Waals surface area contributed by atoms with Gasteiger partial charge < -0.3 is 0 Å². The second-order valence-corrected chi connectivity index (χ2v) is 7.63. The normalized spacial score (nSPS) is 15.6. The van der Waals surface area contributed by atoms with Gasteiger partial charge in [-0.3, -0.25) is 0 Å². The van der Waals surface area contributed by atoms with Crippen molar-refractivity contribution >= 4 is 22.2 Å². The van der Waals surface area contributed by atoms with E-state index in [0.717, 1.165) is 13.0 Å². The quantitative estimate of drug-likeness (QED) is 0.527. The number of aryl methyl sites for hydroxylation is 1. The average molecular weight is 328 g/mol. The van der Waals surface area contributed by atoms with E-state index in [1.165, 1.54) is 39.7 Å². The van der Waals surface area contributed by atoms with Crippen molar-refractivity contribution in [1.29, 1.82) is 0 Å². The number of rotatable bonds is 4. The Labute approximate surface area is 150 Å². The lowest BCUT2D eigenvalue weighted by atomic mass is 9.80. The lowest BCUT2D eigenvalue weighted by molar-refractivity contribution is -0.439. The Kier molecular flexibility index (Phi) is 3.95. The Morgan fingerprint density at radius 2 is 1.56 bits per heavy atom. The van der Waals surface area contributed by atoms with Crippen LogP contribution in [0.3, 0.4) is 0 Å². The zero-order valence-corrected chi connectivity index (χ0v) is 15.4. The maximum Gasteiger partial charge on any atom is 0.210 e. The number of benzene rings is 3. The van der Waals surface area contributed by atoms with Crippen molar-refractivity contribution in [3.8, 4) is 0 Å². The van der Waals surface area contributed by atoms with Crippen LogP contribution in [0.1, 0.15) is 38.3 Å². The molecule has 3 aromatic rings. The highest BCUT2D eigenvalue weighted by atomic mass is 15.1. The van der Waals surface area contributed by atoms with Gasteiger partial charge in [-0.2, -0.15) is 4.58 Å². The fourth-order valence-corrected chi connectivity index (χ4v) is 4.21. The maximum atomic E-state index is 2.55. The van der Waals surface area contributed by atoms with E-state index in [2.05, 4.69) is 92.1 Å². The Morgan fingerprint density at radius 1 is 0.840 bits per heavy atom. The van der Waals surface area contributed by atoms with Gasteiger partial charge in [0.2, 0.25) is 5.69 Å². The molecule has 0 N–H and O–H groups in total. The van der Waals surface area contributed by atoms with E-state index >= 15 is 0 Å². The summed E-state index contributed by atoms with van der Waals surface area (Å²) in [5.74, 6) is 0. The summed E-state index contributed by atoms with van der Waals surface area (Å²) < 4.78 is 2.55. The molecule has 0 atom stereocenters. The average Bonchev–Trinajstić information content (AvgIpc) is 2.83. The van der Waals surface area contributed by atoms with Crippen LogP contribution in [0.15, 0.2) is 66.7 Å². The topological polar surface area (TPSA) is 3.01 Å². The fraction of sp³-hybridized carbons (Fsp3) is 0.292. The minimum atomic E-state index is 0.0863. The van der Waals surface area contributed by atoms with Gasteiger partial charge in [-0.05, 0) is 42.7 Å². The molecular weight excluding hydrogens is 302 g/mol. The van der Waals surface area contributed by atoms with Crippen LogP contribution in [-0.4, -0.2) is 16.8 Å². The summed E-state index contributed by atoms with van der Waals surface area (Å²) in [7, 11) is 0. The van der Waals surface area contributed by atoms with Gasteiger partial charge in [0, 0.05) is 25.0 Å². The van der Waals surface area contributed by atoms with Gasteiger partial charge >= 0.3 is 0 Å². The first kappa shape index (κ1) is 16.1. The van der Waals surface area contributed by atoms with Gasteiger partial charge in [0.15, 0.2) is 5.71 Å². The van der Waals surface area contributed by atoms with Crippen molar-refractivity contribution in [1.82, 2.24) is 0 Å². The van der Waals surface area contributed by atoms with E-state index in [-0.39, 0.29) is 5.41 Å². The molecule has 0 unspecified atom stereocenters. The molecule has 0 saturated carbocycles. The molecule has 0 spiro atoms. The molecule has 1 aliphatic heterocycles. The fourth-order valence-electron chi connectivity index (χ4n) is 4.21. The summed E-state index contributed by atoms with van der Waals surface area (Å²) in [5, 5.41) is 2.74. The summed E-state index contributed by atoms with van der Waals surface area (Å²) in [6.45, 7) is 8.11. The Morgan fingerprint density at radius 3 is 2.36 bits per heavy atom. The Balaban J connectivity index is 1.67. The van der Waals surface area contributed by atoms with Crippen LogP contribution in [0.2, 0.25) is 0 Å². The lowest BCUT2D eigenvalue weighted by Crippen LogP contribution is -2.27. The lowest BCUT2D eigenvalue weighted by Gasteiger charge is -2.17. The molecule has 25 heavy (non-hydrogen) atoms. The molecule has 126 valence electrons.